The Balaban J connectivity index is 2.86. The molecule has 0 spiro atoms. The van der Waals surface area contributed by atoms with Crippen molar-refractivity contribution in [3.05, 3.63) is 23.9 Å². The van der Waals surface area contributed by atoms with Crippen molar-refractivity contribution in [2.45, 2.75) is 26.7 Å². The van der Waals surface area contributed by atoms with E-state index in [1.807, 2.05) is 31.1 Å². The molecule has 5 nitrogen and oxygen atoms in total. The standard InChI is InChI=1S/C16H28N4O/c1-5-9-17-15-14(8-7-10-18-15)16(21)20(11-6-2)13-12-19(3)4/h7-8,10H,5-6,9,11-13H2,1-4H3,(H,17,18). The zero-order valence-corrected chi connectivity index (χ0v) is 13.7. The minimum Gasteiger partial charge on any atom is -0.369 e. The minimum atomic E-state index is 0.0606. The largest absolute Gasteiger partial charge is 0.369 e. The van der Waals surface area contributed by atoms with Crippen LogP contribution in [0.3, 0.4) is 0 Å². The maximum absolute atomic E-state index is 12.8. The van der Waals surface area contributed by atoms with Crippen molar-refractivity contribution in [1.29, 1.82) is 0 Å². The highest BCUT2D eigenvalue weighted by molar-refractivity contribution is 5.98. The number of carbonyl (C=O) groups excluding carboxylic acids is 1. The lowest BCUT2D eigenvalue weighted by atomic mass is 10.2. The van der Waals surface area contributed by atoms with Crippen LogP contribution in [0.15, 0.2) is 18.3 Å². The van der Waals surface area contributed by atoms with Gasteiger partial charge in [-0.25, -0.2) is 4.98 Å². The van der Waals surface area contributed by atoms with E-state index < -0.39 is 0 Å². The Morgan fingerprint density at radius 1 is 1.19 bits per heavy atom. The molecule has 0 saturated heterocycles. The second-order valence-electron chi connectivity index (χ2n) is 5.42. The summed E-state index contributed by atoms with van der Waals surface area (Å²) in [5, 5.41) is 3.24. The molecule has 0 saturated carbocycles. The Hall–Kier alpha value is -1.62. The molecule has 0 aliphatic carbocycles. The van der Waals surface area contributed by atoms with E-state index in [0.29, 0.717) is 11.4 Å². The van der Waals surface area contributed by atoms with Gasteiger partial charge < -0.3 is 15.1 Å². The Bertz CT molecular complexity index is 434. The van der Waals surface area contributed by atoms with Gasteiger partial charge in [0.05, 0.1) is 5.56 Å². The molecule has 0 radical (unpaired) electrons. The van der Waals surface area contributed by atoms with E-state index in [4.69, 9.17) is 0 Å². The van der Waals surface area contributed by atoms with Gasteiger partial charge in [0.25, 0.3) is 5.91 Å². The number of hydrogen-bond donors (Lipinski definition) is 1. The van der Waals surface area contributed by atoms with E-state index in [1.54, 1.807) is 6.20 Å². The first-order valence-electron chi connectivity index (χ1n) is 7.73. The highest BCUT2D eigenvalue weighted by Crippen LogP contribution is 2.14. The van der Waals surface area contributed by atoms with Crippen LogP contribution in [0.5, 0.6) is 0 Å². The van der Waals surface area contributed by atoms with Crippen molar-refractivity contribution in [1.82, 2.24) is 14.8 Å². The Morgan fingerprint density at radius 3 is 2.57 bits per heavy atom. The third kappa shape index (κ3) is 5.71. The summed E-state index contributed by atoms with van der Waals surface area (Å²) in [6.45, 7) is 7.39. The predicted molar refractivity (Wildman–Crippen MR) is 87.8 cm³/mol. The summed E-state index contributed by atoms with van der Waals surface area (Å²) in [5.74, 6) is 0.751. The molecule has 1 rings (SSSR count). The molecule has 21 heavy (non-hydrogen) atoms. The van der Waals surface area contributed by atoms with E-state index in [0.717, 1.165) is 39.0 Å². The fourth-order valence-electron chi connectivity index (χ4n) is 2.04. The Labute approximate surface area is 128 Å². The van der Waals surface area contributed by atoms with Crippen molar-refractivity contribution in [3.63, 3.8) is 0 Å². The second-order valence-corrected chi connectivity index (χ2v) is 5.42. The number of rotatable bonds is 9. The fraction of sp³-hybridized carbons (Fsp3) is 0.625. The van der Waals surface area contributed by atoms with Crippen LogP contribution < -0.4 is 5.32 Å². The molecule has 118 valence electrons. The van der Waals surface area contributed by atoms with Crippen LogP contribution in [0, 0.1) is 0 Å². The molecule has 0 fully saturated rings. The molecule has 0 aliphatic heterocycles. The Morgan fingerprint density at radius 2 is 1.95 bits per heavy atom. The molecule has 5 heteroatoms. The first-order valence-corrected chi connectivity index (χ1v) is 7.73. The number of aromatic nitrogens is 1. The van der Waals surface area contributed by atoms with Crippen LogP contribution >= 0.6 is 0 Å². The van der Waals surface area contributed by atoms with Crippen LogP contribution in [0.25, 0.3) is 0 Å². The highest BCUT2D eigenvalue weighted by atomic mass is 16.2. The third-order valence-corrected chi connectivity index (χ3v) is 3.18. The number of pyridine rings is 1. The van der Waals surface area contributed by atoms with Gasteiger partial charge in [-0.1, -0.05) is 13.8 Å². The van der Waals surface area contributed by atoms with Crippen LogP contribution in [-0.2, 0) is 0 Å². The lowest BCUT2D eigenvalue weighted by molar-refractivity contribution is 0.0745. The van der Waals surface area contributed by atoms with Gasteiger partial charge in [0.1, 0.15) is 5.82 Å². The molecule has 0 atom stereocenters. The van der Waals surface area contributed by atoms with Gasteiger partial charge in [0.2, 0.25) is 0 Å². The van der Waals surface area contributed by atoms with Gasteiger partial charge in [-0.15, -0.1) is 0 Å². The number of amides is 1. The van der Waals surface area contributed by atoms with Gasteiger partial charge >= 0.3 is 0 Å². The first kappa shape index (κ1) is 17.4. The first-order chi connectivity index (χ1) is 10.1. The van der Waals surface area contributed by atoms with Crippen LogP contribution in [0.2, 0.25) is 0 Å². The molecule has 0 aliphatic rings. The van der Waals surface area contributed by atoms with E-state index in [9.17, 15) is 4.79 Å². The summed E-state index contributed by atoms with van der Waals surface area (Å²) < 4.78 is 0. The monoisotopic (exact) mass is 292 g/mol. The smallest absolute Gasteiger partial charge is 0.257 e. The number of nitrogens with one attached hydrogen (secondary N) is 1. The lowest BCUT2D eigenvalue weighted by Gasteiger charge is -2.24. The summed E-state index contributed by atoms with van der Waals surface area (Å²) in [4.78, 5) is 21.1. The van der Waals surface area contributed by atoms with E-state index >= 15 is 0 Å². The number of nitrogens with zero attached hydrogens (tertiary/aromatic N) is 3. The van der Waals surface area contributed by atoms with Gasteiger partial charge in [-0.2, -0.15) is 0 Å². The Kier molecular flexibility index (Phi) is 7.75. The van der Waals surface area contributed by atoms with Crippen molar-refractivity contribution in [2.24, 2.45) is 0 Å². The quantitative estimate of drug-likeness (QED) is 0.759. The van der Waals surface area contributed by atoms with Crippen LogP contribution in [0.4, 0.5) is 5.82 Å². The third-order valence-electron chi connectivity index (χ3n) is 3.18. The maximum atomic E-state index is 12.8. The molecule has 1 aromatic heterocycles. The molecule has 1 aromatic rings. The fourth-order valence-corrected chi connectivity index (χ4v) is 2.04. The average molecular weight is 292 g/mol. The van der Waals surface area contributed by atoms with Crippen molar-refractivity contribution < 1.29 is 4.79 Å². The van der Waals surface area contributed by atoms with Crippen molar-refractivity contribution in [2.75, 3.05) is 45.6 Å². The van der Waals surface area contributed by atoms with Crippen LogP contribution in [-0.4, -0.2) is 61.0 Å². The van der Waals surface area contributed by atoms with Crippen molar-refractivity contribution in [3.8, 4) is 0 Å². The van der Waals surface area contributed by atoms with Crippen LogP contribution in [0.1, 0.15) is 37.0 Å². The molecule has 0 unspecified atom stereocenters. The zero-order valence-electron chi connectivity index (χ0n) is 13.7. The van der Waals surface area contributed by atoms with Crippen molar-refractivity contribution >= 4 is 11.7 Å². The zero-order chi connectivity index (χ0) is 15.7. The lowest BCUT2D eigenvalue weighted by Crippen LogP contribution is -2.37. The summed E-state index contributed by atoms with van der Waals surface area (Å²) in [6, 6.07) is 3.67. The summed E-state index contributed by atoms with van der Waals surface area (Å²) >= 11 is 0. The van der Waals surface area contributed by atoms with Gasteiger partial charge in [-0.05, 0) is 39.1 Å². The van der Waals surface area contributed by atoms with Gasteiger partial charge in [-0.3, -0.25) is 4.79 Å². The molecule has 1 heterocycles. The van der Waals surface area contributed by atoms with E-state index in [-0.39, 0.29) is 5.91 Å². The average Bonchev–Trinajstić information content (AvgIpc) is 2.48. The molecular formula is C16H28N4O. The molecular weight excluding hydrogens is 264 g/mol. The highest BCUT2D eigenvalue weighted by Gasteiger charge is 2.18. The summed E-state index contributed by atoms with van der Waals surface area (Å²) in [7, 11) is 4.04. The summed E-state index contributed by atoms with van der Waals surface area (Å²) in [6.07, 6.45) is 3.68. The number of hydrogen-bond acceptors (Lipinski definition) is 4. The van der Waals surface area contributed by atoms with E-state index in [1.165, 1.54) is 0 Å². The van der Waals surface area contributed by atoms with Gasteiger partial charge in [0.15, 0.2) is 0 Å². The SMILES string of the molecule is CCCNc1ncccc1C(=O)N(CCC)CCN(C)C. The summed E-state index contributed by atoms with van der Waals surface area (Å²) in [5.41, 5.74) is 0.665. The molecule has 0 bridgehead atoms. The van der Waals surface area contributed by atoms with Gasteiger partial charge in [0, 0.05) is 32.4 Å². The van der Waals surface area contributed by atoms with E-state index in [2.05, 4.69) is 29.0 Å². The number of likely N-dealkylation sites (N-methyl/N-ethyl adjacent to an activating group) is 1. The minimum absolute atomic E-state index is 0.0606. The molecule has 0 aromatic carbocycles. The topological polar surface area (TPSA) is 48.5 Å². The normalized spacial score (nSPS) is 10.7. The number of anilines is 1. The number of carbonyl (C=O) groups is 1. The molecule has 1 amide bonds. The predicted octanol–water partition coefficient (Wildman–Crippen LogP) is 2.32. The molecule has 1 N–H and O–H groups in total. The maximum Gasteiger partial charge on any atom is 0.257 e. The second kappa shape index (κ2) is 9.34.